The Kier molecular flexibility index (Phi) is 8.65. The highest BCUT2D eigenvalue weighted by molar-refractivity contribution is 7.92. The molecule has 238 valence electrons. The Labute approximate surface area is 263 Å². The first-order chi connectivity index (χ1) is 21.6. The third-order valence-corrected chi connectivity index (χ3v) is 11.0. The molecule has 6 rings (SSSR count). The largest absolute Gasteiger partial charge is 0.495 e. The molecule has 0 spiro atoms. The first-order valence-corrected chi connectivity index (χ1v) is 17.0. The molecule has 2 aliphatic rings. The van der Waals surface area contributed by atoms with Gasteiger partial charge in [0.2, 0.25) is 17.8 Å². The summed E-state index contributed by atoms with van der Waals surface area (Å²) in [5.41, 5.74) is 3.96. The fourth-order valence-corrected chi connectivity index (χ4v) is 7.16. The minimum atomic E-state index is -3.55. The number of hydrogen-bond donors (Lipinski definition) is 2. The second-order valence-corrected chi connectivity index (χ2v) is 14.5. The van der Waals surface area contributed by atoms with E-state index < -0.39 is 15.1 Å². The molecule has 2 aliphatic heterocycles. The average molecular weight is 633 g/mol. The number of benzene rings is 2. The number of hydrogen-bond acceptors (Lipinski definition) is 10. The zero-order valence-electron chi connectivity index (χ0n) is 26.2. The van der Waals surface area contributed by atoms with Crippen molar-refractivity contribution < 1.29 is 17.9 Å². The molecule has 2 N–H and O–H groups in total. The Bertz CT molecular complexity index is 1810. The quantitative estimate of drug-likeness (QED) is 0.257. The van der Waals surface area contributed by atoms with E-state index in [0.29, 0.717) is 47.1 Å². The number of para-hydroxylation sites is 1. The van der Waals surface area contributed by atoms with Crippen molar-refractivity contribution in [3.8, 4) is 5.75 Å². The molecule has 0 bridgehead atoms. The van der Waals surface area contributed by atoms with Gasteiger partial charge in [0, 0.05) is 19.2 Å². The second-order valence-electron chi connectivity index (χ2n) is 12.0. The van der Waals surface area contributed by atoms with Crippen LogP contribution in [0.25, 0.3) is 5.65 Å². The lowest BCUT2D eigenvalue weighted by Crippen LogP contribution is -2.47. The van der Waals surface area contributed by atoms with Gasteiger partial charge < -0.3 is 20.3 Å². The lowest BCUT2D eigenvalue weighted by atomic mass is 9.86. The number of methoxy groups -OCH3 is 1. The van der Waals surface area contributed by atoms with Crippen molar-refractivity contribution in [2.24, 2.45) is 0 Å². The summed E-state index contributed by atoms with van der Waals surface area (Å²) in [6, 6.07) is 12.6. The van der Waals surface area contributed by atoms with Crippen LogP contribution < -0.4 is 15.4 Å². The van der Waals surface area contributed by atoms with E-state index in [1.807, 2.05) is 11.0 Å². The molecule has 4 aromatic rings. The number of amides is 1. The van der Waals surface area contributed by atoms with Crippen molar-refractivity contribution in [3.05, 3.63) is 59.8 Å². The summed E-state index contributed by atoms with van der Waals surface area (Å²) in [6.07, 6.45) is 4.61. The van der Waals surface area contributed by atoms with Crippen molar-refractivity contribution in [1.82, 2.24) is 29.4 Å². The molecule has 2 aromatic heterocycles. The van der Waals surface area contributed by atoms with E-state index in [-0.39, 0.29) is 10.8 Å². The number of fused-ring (bicyclic) bond motifs is 1. The van der Waals surface area contributed by atoms with Gasteiger partial charge in [-0.05, 0) is 94.4 Å². The van der Waals surface area contributed by atoms with Crippen LogP contribution in [0, 0.1) is 6.92 Å². The zero-order chi connectivity index (χ0) is 31.7. The maximum atomic E-state index is 13.1. The Hall–Kier alpha value is -4.23. The number of piperidine rings is 1. The summed E-state index contributed by atoms with van der Waals surface area (Å²) in [6.45, 7) is 9.50. The Morgan fingerprint density at radius 1 is 1.02 bits per heavy atom. The van der Waals surface area contributed by atoms with E-state index >= 15 is 0 Å². The lowest BCUT2D eigenvalue weighted by molar-refractivity contribution is -0.134. The minimum absolute atomic E-state index is 0.188. The summed E-state index contributed by atoms with van der Waals surface area (Å²) in [7, 11) is -1.92. The highest BCUT2D eigenvalue weighted by Gasteiger charge is 2.28. The molecule has 45 heavy (non-hydrogen) atoms. The maximum absolute atomic E-state index is 13.1. The van der Waals surface area contributed by atoms with Crippen molar-refractivity contribution in [2.45, 2.75) is 56.1 Å². The standard InChI is InChI=1S/C32H40N8O4S/c1-21(2)45(42,43)28-9-6-5-8-25(28)35-32-37-31(36-29-10-13-33-40(29)32)34-26-18-22(3)24(19-27(26)44-4)23-11-16-39(17-12-23)30(41)20-38-14-7-15-38/h5-6,8-10,13,18-19,21,23H,7,11-12,14-17,20H2,1-4H3,(H2,34,35,36,37). The third-order valence-electron chi connectivity index (χ3n) is 8.75. The Morgan fingerprint density at radius 2 is 1.78 bits per heavy atom. The van der Waals surface area contributed by atoms with E-state index in [1.54, 1.807) is 57.5 Å². The van der Waals surface area contributed by atoms with Gasteiger partial charge in [-0.15, -0.1) is 0 Å². The Morgan fingerprint density at radius 3 is 2.47 bits per heavy atom. The van der Waals surface area contributed by atoms with Gasteiger partial charge in [0.15, 0.2) is 15.5 Å². The van der Waals surface area contributed by atoms with E-state index in [9.17, 15) is 13.2 Å². The molecule has 0 radical (unpaired) electrons. The molecule has 2 fully saturated rings. The molecular weight excluding hydrogens is 592 g/mol. The summed E-state index contributed by atoms with van der Waals surface area (Å²) < 4.78 is 33.5. The molecule has 0 unspecified atom stereocenters. The first kappa shape index (κ1) is 30.8. The number of carbonyl (C=O) groups is 1. The van der Waals surface area contributed by atoms with Crippen molar-refractivity contribution in [1.29, 1.82) is 0 Å². The number of aryl methyl sites for hydroxylation is 1. The van der Waals surface area contributed by atoms with Gasteiger partial charge in [-0.1, -0.05) is 12.1 Å². The van der Waals surface area contributed by atoms with Gasteiger partial charge in [-0.3, -0.25) is 9.69 Å². The van der Waals surface area contributed by atoms with Crippen LogP contribution in [-0.4, -0.2) is 88.8 Å². The molecule has 4 heterocycles. The summed E-state index contributed by atoms with van der Waals surface area (Å²) >= 11 is 0. The predicted octanol–water partition coefficient (Wildman–Crippen LogP) is 4.52. The van der Waals surface area contributed by atoms with Crippen molar-refractivity contribution >= 4 is 44.7 Å². The number of anilines is 4. The normalized spacial score (nSPS) is 16.2. The van der Waals surface area contributed by atoms with Gasteiger partial charge >= 0.3 is 0 Å². The molecular formula is C32H40N8O4S. The number of ether oxygens (including phenoxy) is 1. The highest BCUT2D eigenvalue weighted by Crippen LogP contribution is 2.38. The van der Waals surface area contributed by atoms with Crippen molar-refractivity contribution in [3.63, 3.8) is 0 Å². The number of sulfone groups is 1. The predicted molar refractivity (Wildman–Crippen MR) is 173 cm³/mol. The van der Waals surface area contributed by atoms with Crippen LogP contribution in [0.3, 0.4) is 0 Å². The molecule has 0 aliphatic carbocycles. The number of likely N-dealkylation sites (tertiary alicyclic amines) is 2. The van der Waals surface area contributed by atoms with Gasteiger partial charge in [-0.2, -0.15) is 19.6 Å². The zero-order valence-corrected chi connectivity index (χ0v) is 27.0. The third kappa shape index (κ3) is 6.32. The van der Waals surface area contributed by atoms with Crippen LogP contribution in [0.2, 0.25) is 0 Å². The van der Waals surface area contributed by atoms with E-state index in [4.69, 9.17) is 4.74 Å². The van der Waals surface area contributed by atoms with Crippen LogP contribution in [0.1, 0.15) is 50.2 Å². The molecule has 2 saturated heterocycles. The van der Waals surface area contributed by atoms with Crippen LogP contribution in [-0.2, 0) is 14.6 Å². The van der Waals surface area contributed by atoms with Crippen LogP contribution in [0.5, 0.6) is 5.75 Å². The second kappa shape index (κ2) is 12.6. The van der Waals surface area contributed by atoms with E-state index in [0.717, 1.165) is 44.6 Å². The molecule has 0 atom stereocenters. The van der Waals surface area contributed by atoms with Gasteiger partial charge in [0.25, 0.3) is 0 Å². The highest BCUT2D eigenvalue weighted by atomic mass is 32.2. The Balaban J connectivity index is 1.23. The molecule has 12 nitrogen and oxygen atoms in total. The topological polar surface area (TPSA) is 134 Å². The molecule has 13 heteroatoms. The average Bonchev–Trinajstić information content (AvgIpc) is 3.48. The number of carbonyl (C=O) groups excluding carboxylic acids is 1. The van der Waals surface area contributed by atoms with Crippen molar-refractivity contribution in [2.75, 3.05) is 50.5 Å². The van der Waals surface area contributed by atoms with Gasteiger partial charge in [0.05, 0.1) is 41.4 Å². The van der Waals surface area contributed by atoms with Gasteiger partial charge in [-0.25, -0.2) is 8.42 Å². The molecule has 2 aromatic carbocycles. The van der Waals surface area contributed by atoms with Crippen LogP contribution >= 0.6 is 0 Å². The first-order valence-electron chi connectivity index (χ1n) is 15.4. The number of nitrogens with one attached hydrogen (secondary N) is 2. The van der Waals surface area contributed by atoms with Gasteiger partial charge in [0.1, 0.15) is 5.75 Å². The van der Waals surface area contributed by atoms with E-state index in [1.165, 1.54) is 16.5 Å². The summed E-state index contributed by atoms with van der Waals surface area (Å²) in [5, 5.41) is 10.2. The minimum Gasteiger partial charge on any atom is -0.495 e. The van der Waals surface area contributed by atoms with Crippen LogP contribution in [0.15, 0.2) is 53.6 Å². The number of rotatable bonds is 10. The maximum Gasteiger partial charge on any atom is 0.236 e. The monoisotopic (exact) mass is 632 g/mol. The number of aromatic nitrogens is 4. The number of nitrogens with zero attached hydrogens (tertiary/aromatic N) is 6. The van der Waals surface area contributed by atoms with E-state index in [2.05, 4.69) is 43.6 Å². The summed E-state index contributed by atoms with van der Waals surface area (Å²) in [5.74, 6) is 1.83. The SMILES string of the molecule is COc1cc(C2CCN(C(=O)CN3CCC3)CC2)c(C)cc1Nc1nc(Nc2ccccc2S(=O)(=O)C(C)C)n2nccc2n1. The van der Waals surface area contributed by atoms with Crippen LogP contribution in [0.4, 0.5) is 23.3 Å². The smallest absolute Gasteiger partial charge is 0.236 e. The molecule has 0 saturated carbocycles. The lowest BCUT2D eigenvalue weighted by Gasteiger charge is -2.36. The molecule has 1 amide bonds. The summed E-state index contributed by atoms with van der Waals surface area (Å²) in [4.78, 5) is 26.4. The fraction of sp³-hybridized carbons (Fsp3) is 0.438. The fourth-order valence-electron chi connectivity index (χ4n) is 5.96.